The van der Waals surface area contributed by atoms with Crippen LogP contribution in [-0.2, 0) is 14.6 Å². The van der Waals surface area contributed by atoms with Gasteiger partial charge in [0.25, 0.3) is 9.84 Å². The van der Waals surface area contributed by atoms with Gasteiger partial charge in [0.15, 0.2) is 0 Å². The lowest BCUT2D eigenvalue weighted by Crippen LogP contribution is -2.16. The molecule has 0 radical (unpaired) electrons. The van der Waals surface area contributed by atoms with Gasteiger partial charge in [-0.15, -0.1) is 0 Å². The monoisotopic (exact) mass is 248 g/mol. The summed E-state index contributed by atoms with van der Waals surface area (Å²) >= 11 is 5.59. The first-order valence-corrected chi connectivity index (χ1v) is 6.02. The number of sulfone groups is 1. The van der Waals surface area contributed by atoms with E-state index in [0.717, 1.165) is 0 Å². The highest BCUT2D eigenvalue weighted by Gasteiger charge is 2.25. The summed E-state index contributed by atoms with van der Waals surface area (Å²) in [7, 11) is -4.04. The number of ether oxygens (including phenoxy) is 1. The molecule has 0 amide bonds. The molecule has 1 aromatic rings. The first-order valence-electron chi connectivity index (χ1n) is 4.16. The molecule has 0 heterocycles. The maximum Gasteiger partial charge on any atom is 0.429 e. The van der Waals surface area contributed by atoms with Crippen molar-refractivity contribution in [3.05, 3.63) is 29.3 Å². The summed E-state index contributed by atoms with van der Waals surface area (Å²) in [6.07, 6.45) is 0. The molecule has 0 unspecified atom stereocenters. The highest BCUT2D eigenvalue weighted by molar-refractivity contribution is 8.05. The smallest absolute Gasteiger partial charge is 0.429 e. The van der Waals surface area contributed by atoms with Gasteiger partial charge in [0.05, 0.1) is 11.5 Å². The summed E-state index contributed by atoms with van der Waals surface area (Å²) in [6, 6.07) is 5.31. The van der Waals surface area contributed by atoms with Crippen molar-refractivity contribution < 1.29 is 17.9 Å². The van der Waals surface area contributed by atoms with E-state index in [0.29, 0.717) is 5.02 Å². The first-order chi connectivity index (χ1) is 6.98. The van der Waals surface area contributed by atoms with Gasteiger partial charge in [0, 0.05) is 5.02 Å². The second-order valence-corrected chi connectivity index (χ2v) is 4.89. The van der Waals surface area contributed by atoms with Gasteiger partial charge in [0.2, 0.25) is 0 Å². The van der Waals surface area contributed by atoms with Crippen LogP contribution in [0, 0.1) is 0 Å². The molecule has 0 aromatic heterocycles. The molecule has 0 N–H and O–H groups in total. The van der Waals surface area contributed by atoms with Crippen molar-refractivity contribution >= 4 is 26.7 Å². The van der Waals surface area contributed by atoms with Crippen LogP contribution < -0.4 is 0 Å². The molecule has 0 saturated heterocycles. The largest absolute Gasteiger partial charge is 0.454 e. The molecule has 4 nitrogen and oxygen atoms in total. The molecule has 82 valence electrons. The Hall–Kier alpha value is -1.07. The number of carbonyl (C=O) groups is 1. The molecule has 6 heteroatoms. The van der Waals surface area contributed by atoms with Crippen LogP contribution in [0.5, 0.6) is 0 Å². The Morgan fingerprint density at radius 2 is 1.87 bits per heavy atom. The van der Waals surface area contributed by atoms with Gasteiger partial charge in [0.1, 0.15) is 0 Å². The normalized spacial score (nSPS) is 11.1. The molecular weight excluding hydrogens is 240 g/mol. The van der Waals surface area contributed by atoms with E-state index in [1.165, 1.54) is 31.2 Å². The lowest BCUT2D eigenvalue weighted by molar-refractivity contribution is 0.178. The highest BCUT2D eigenvalue weighted by atomic mass is 35.5. The SMILES string of the molecule is CCOC(=O)S(=O)(=O)c1ccc(Cl)cc1. The van der Waals surface area contributed by atoms with Gasteiger partial charge >= 0.3 is 5.30 Å². The highest BCUT2D eigenvalue weighted by Crippen LogP contribution is 2.16. The van der Waals surface area contributed by atoms with Gasteiger partial charge in [-0.2, -0.15) is 0 Å². The zero-order chi connectivity index (χ0) is 11.5. The van der Waals surface area contributed by atoms with Crippen LogP contribution in [-0.4, -0.2) is 20.3 Å². The second kappa shape index (κ2) is 4.63. The Balaban J connectivity index is 3.06. The fraction of sp³-hybridized carbons (Fsp3) is 0.222. The summed E-state index contributed by atoms with van der Waals surface area (Å²) in [5, 5.41) is -0.842. The van der Waals surface area contributed by atoms with Crippen LogP contribution in [0.2, 0.25) is 5.02 Å². The van der Waals surface area contributed by atoms with Crippen LogP contribution in [0.4, 0.5) is 4.79 Å². The van der Waals surface area contributed by atoms with Crippen LogP contribution in [0.1, 0.15) is 6.92 Å². The Kier molecular flexibility index (Phi) is 3.71. The van der Waals surface area contributed by atoms with Crippen LogP contribution in [0.25, 0.3) is 0 Å². The maximum atomic E-state index is 11.5. The zero-order valence-corrected chi connectivity index (χ0v) is 9.51. The third-order valence-electron chi connectivity index (χ3n) is 1.61. The van der Waals surface area contributed by atoms with Gasteiger partial charge in [-0.1, -0.05) is 11.6 Å². The maximum absolute atomic E-state index is 11.5. The topological polar surface area (TPSA) is 60.4 Å². The van der Waals surface area contributed by atoms with E-state index in [2.05, 4.69) is 4.74 Å². The Morgan fingerprint density at radius 3 is 2.33 bits per heavy atom. The first kappa shape index (κ1) is 12.0. The molecule has 0 aliphatic rings. The third kappa shape index (κ3) is 2.70. The average Bonchev–Trinajstić information content (AvgIpc) is 2.18. The number of hydrogen-bond donors (Lipinski definition) is 0. The van der Waals surface area contributed by atoms with Crippen molar-refractivity contribution in [1.29, 1.82) is 0 Å². The Bertz CT molecular complexity index is 450. The predicted molar refractivity (Wildman–Crippen MR) is 55.7 cm³/mol. The van der Waals surface area contributed by atoms with E-state index < -0.39 is 15.1 Å². The lowest BCUT2D eigenvalue weighted by Gasteiger charge is -2.03. The summed E-state index contributed by atoms with van der Waals surface area (Å²) in [5.74, 6) is 0. The molecule has 0 aliphatic heterocycles. The minimum atomic E-state index is -4.04. The van der Waals surface area contributed by atoms with Gasteiger partial charge in [-0.3, -0.25) is 0 Å². The quantitative estimate of drug-likeness (QED) is 0.754. The number of carbonyl (C=O) groups excluding carboxylic acids is 1. The van der Waals surface area contributed by atoms with Crippen molar-refractivity contribution in [2.75, 3.05) is 6.61 Å². The summed E-state index contributed by atoms with van der Waals surface area (Å²) in [6.45, 7) is 1.56. The molecule has 0 spiro atoms. The van der Waals surface area contributed by atoms with Crippen molar-refractivity contribution in [2.45, 2.75) is 11.8 Å². The summed E-state index contributed by atoms with van der Waals surface area (Å²) in [5.41, 5.74) is 0. The minimum absolute atomic E-state index is 0.0195. The van der Waals surface area contributed by atoms with Gasteiger partial charge < -0.3 is 4.74 Å². The van der Waals surface area contributed by atoms with Crippen molar-refractivity contribution in [1.82, 2.24) is 0 Å². The Morgan fingerprint density at radius 1 is 1.33 bits per heavy atom. The average molecular weight is 249 g/mol. The molecule has 1 rings (SSSR count). The second-order valence-electron chi connectivity index (χ2n) is 2.64. The van der Waals surface area contributed by atoms with Crippen molar-refractivity contribution in [3.63, 3.8) is 0 Å². The van der Waals surface area contributed by atoms with Gasteiger partial charge in [-0.25, -0.2) is 13.2 Å². The fourth-order valence-electron chi connectivity index (χ4n) is 0.905. The number of hydrogen-bond acceptors (Lipinski definition) is 4. The molecule has 0 atom stereocenters. The molecule has 0 fully saturated rings. The number of rotatable bonds is 2. The van der Waals surface area contributed by atoms with Crippen LogP contribution in [0.15, 0.2) is 29.2 Å². The van der Waals surface area contributed by atoms with Crippen molar-refractivity contribution in [3.8, 4) is 0 Å². The predicted octanol–water partition coefficient (Wildman–Crippen LogP) is 2.27. The number of halogens is 1. The van der Waals surface area contributed by atoms with Crippen LogP contribution in [0.3, 0.4) is 0 Å². The fourth-order valence-corrected chi connectivity index (χ4v) is 1.99. The molecule has 1 aromatic carbocycles. The number of benzene rings is 1. The van der Waals surface area contributed by atoms with E-state index in [-0.39, 0.29) is 11.5 Å². The van der Waals surface area contributed by atoms with E-state index >= 15 is 0 Å². The van der Waals surface area contributed by atoms with Gasteiger partial charge in [-0.05, 0) is 31.2 Å². The molecule has 15 heavy (non-hydrogen) atoms. The van der Waals surface area contributed by atoms with E-state index in [1.807, 2.05) is 0 Å². The lowest BCUT2D eigenvalue weighted by atomic mass is 10.4. The molecule has 0 bridgehead atoms. The van der Waals surface area contributed by atoms with Crippen LogP contribution >= 0.6 is 11.6 Å². The summed E-state index contributed by atoms with van der Waals surface area (Å²) in [4.78, 5) is 11.0. The summed E-state index contributed by atoms with van der Waals surface area (Å²) < 4.78 is 27.5. The van der Waals surface area contributed by atoms with E-state index in [9.17, 15) is 13.2 Å². The minimum Gasteiger partial charge on any atom is -0.454 e. The van der Waals surface area contributed by atoms with E-state index in [4.69, 9.17) is 11.6 Å². The van der Waals surface area contributed by atoms with E-state index in [1.54, 1.807) is 0 Å². The van der Waals surface area contributed by atoms with Crippen molar-refractivity contribution in [2.24, 2.45) is 0 Å². The third-order valence-corrected chi connectivity index (χ3v) is 3.31. The standard InChI is InChI=1S/C9H9ClO4S/c1-2-14-9(11)15(12,13)8-5-3-7(10)4-6-8/h3-6H,2H2,1H3. The Labute approximate surface area is 92.7 Å². The molecule has 0 aliphatic carbocycles. The molecular formula is C9H9ClO4S. The zero-order valence-electron chi connectivity index (χ0n) is 7.94. The molecule has 0 saturated carbocycles.